The lowest BCUT2D eigenvalue weighted by Crippen LogP contribution is -2.14. The number of hydrogen-bond acceptors (Lipinski definition) is 5. The second kappa shape index (κ2) is 7.05. The lowest BCUT2D eigenvalue weighted by molar-refractivity contribution is -0.136. The Morgan fingerprint density at radius 2 is 2.33 bits per heavy atom. The number of carbonyl (C=O) groups excluding carboxylic acids is 1. The number of anilines is 1. The summed E-state index contributed by atoms with van der Waals surface area (Å²) < 4.78 is 4.82. The van der Waals surface area contributed by atoms with Gasteiger partial charge in [0, 0.05) is 23.5 Å². The van der Waals surface area contributed by atoms with E-state index in [2.05, 4.69) is 10.5 Å². The zero-order valence-electron chi connectivity index (χ0n) is 10.3. The molecule has 0 aromatic carbocycles. The molecule has 0 aliphatic rings. The van der Waals surface area contributed by atoms with Crippen molar-refractivity contribution >= 4 is 29.5 Å². The van der Waals surface area contributed by atoms with E-state index >= 15 is 0 Å². The molecule has 0 spiro atoms. The van der Waals surface area contributed by atoms with Crippen molar-refractivity contribution in [3.05, 3.63) is 11.8 Å². The first-order chi connectivity index (χ1) is 8.47. The van der Waals surface area contributed by atoms with Gasteiger partial charge in [-0.3, -0.25) is 9.59 Å². The zero-order chi connectivity index (χ0) is 13.5. The maximum atomic E-state index is 11.5. The van der Waals surface area contributed by atoms with E-state index in [1.807, 2.05) is 6.92 Å². The molecule has 0 radical (unpaired) electrons. The van der Waals surface area contributed by atoms with Crippen LogP contribution in [0.1, 0.15) is 25.5 Å². The molecule has 1 aromatic rings. The Kier molecular flexibility index (Phi) is 5.70. The summed E-state index contributed by atoms with van der Waals surface area (Å²) in [5.74, 6) is 0.642. The summed E-state index contributed by atoms with van der Waals surface area (Å²) in [4.78, 5) is 21.9. The van der Waals surface area contributed by atoms with Crippen LogP contribution in [0.25, 0.3) is 0 Å². The van der Waals surface area contributed by atoms with E-state index in [1.54, 1.807) is 13.0 Å². The van der Waals surface area contributed by atoms with Gasteiger partial charge in [0.25, 0.3) is 0 Å². The summed E-state index contributed by atoms with van der Waals surface area (Å²) in [6, 6.07) is 1.64. The van der Waals surface area contributed by atoms with E-state index in [0.29, 0.717) is 23.8 Å². The number of amides is 1. The van der Waals surface area contributed by atoms with Gasteiger partial charge in [-0.2, -0.15) is 11.8 Å². The fraction of sp³-hybridized carbons (Fsp3) is 0.545. The van der Waals surface area contributed by atoms with E-state index < -0.39 is 5.97 Å². The first kappa shape index (κ1) is 14.6. The average molecular weight is 272 g/mol. The number of aromatic nitrogens is 1. The molecule has 100 valence electrons. The largest absolute Gasteiger partial charge is 0.481 e. The highest BCUT2D eigenvalue weighted by Gasteiger charge is 2.10. The Hall–Kier alpha value is -1.50. The molecular formula is C11H16N2O4S. The van der Waals surface area contributed by atoms with E-state index in [1.165, 1.54) is 11.8 Å². The first-order valence-corrected chi connectivity index (χ1v) is 6.59. The number of nitrogens with zero attached hydrogens (tertiary/aromatic N) is 1. The van der Waals surface area contributed by atoms with Crippen molar-refractivity contribution in [1.29, 1.82) is 0 Å². The Balaban J connectivity index is 2.19. The Bertz CT molecular complexity index is 419. The van der Waals surface area contributed by atoms with Crippen LogP contribution in [0.3, 0.4) is 0 Å². The van der Waals surface area contributed by atoms with Crippen LogP contribution < -0.4 is 5.32 Å². The van der Waals surface area contributed by atoms with Gasteiger partial charge in [-0.1, -0.05) is 12.1 Å². The van der Waals surface area contributed by atoms with E-state index in [-0.39, 0.29) is 17.6 Å². The topological polar surface area (TPSA) is 92.4 Å². The second-order valence-electron chi connectivity index (χ2n) is 3.90. The Morgan fingerprint density at radius 1 is 1.61 bits per heavy atom. The zero-order valence-corrected chi connectivity index (χ0v) is 11.1. The van der Waals surface area contributed by atoms with Crippen LogP contribution in [0, 0.1) is 6.92 Å². The Morgan fingerprint density at radius 3 is 2.89 bits per heavy atom. The van der Waals surface area contributed by atoms with E-state index in [4.69, 9.17) is 9.63 Å². The van der Waals surface area contributed by atoms with Gasteiger partial charge in [0.1, 0.15) is 5.76 Å². The van der Waals surface area contributed by atoms with Gasteiger partial charge in [0.2, 0.25) is 5.91 Å². The van der Waals surface area contributed by atoms with Gasteiger partial charge in [-0.25, -0.2) is 0 Å². The molecule has 0 aliphatic carbocycles. The average Bonchev–Trinajstić information content (AvgIpc) is 2.62. The number of nitrogens with one attached hydrogen (secondary N) is 1. The van der Waals surface area contributed by atoms with Gasteiger partial charge in [-0.15, -0.1) is 0 Å². The lowest BCUT2D eigenvalue weighted by Gasteiger charge is -2.07. The van der Waals surface area contributed by atoms with Crippen molar-refractivity contribution in [1.82, 2.24) is 5.16 Å². The van der Waals surface area contributed by atoms with Crippen molar-refractivity contribution in [2.45, 2.75) is 31.9 Å². The number of aryl methyl sites for hydroxylation is 1. The van der Waals surface area contributed by atoms with Crippen LogP contribution >= 0.6 is 11.8 Å². The molecule has 18 heavy (non-hydrogen) atoms. The summed E-state index contributed by atoms with van der Waals surface area (Å²) >= 11 is 1.46. The fourth-order valence-electron chi connectivity index (χ4n) is 1.29. The SMILES string of the molecule is Cc1cc(NC(=O)CCSC(C)CC(=O)O)no1. The molecule has 0 saturated heterocycles. The number of hydrogen-bond donors (Lipinski definition) is 2. The van der Waals surface area contributed by atoms with Crippen molar-refractivity contribution in [2.24, 2.45) is 0 Å². The minimum atomic E-state index is -0.822. The monoisotopic (exact) mass is 272 g/mol. The molecule has 1 rings (SSSR count). The van der Waals surface area contributed by atoms with Crippen molar-refractivity contribution in [2.75, 3.05) is 11.1 Å². The Labute approximate surface area is 109 Å². The highest BCUT2D eigenvalue weighted by atomic mass is 32.2. The van der Waals surface area contributed by atoms with Crippen LogP contribution in [-0.4, -0.2) is 33.1 Å². The maximum Gasteiger partial charge on any atom is 0.304 e. The molecule has 0 fully saturated rings. The van der Waals surface area contributed by atoms with E-state index in [0.717, 1.165) is 0 Å². The maximum absolute atomic E-state index is 11.5. The standard InChI is InChI=1S/C11H16N2O4S/c1-7-5-9(13-17-7)12-10(14)3-4-18-8(2)6-11(15)16/h5,8H,3-4,6H2,1-2H3,(H,15,16)(H,12,13,14). The fourth-order valence-corrected chi connectivity index (χ4v) is 2.25. The highest BCUT2D eigenvalue weighted by molar-refractivity contribution is 7.99. The van der Waals surface area contributed by atoms with Crippen LogP contribution in [-0.2, 0) is 9.59 Å². The number of rotatable bonds is 7. The predicted octanol–water partition coefficient (Wildman–Crippen LogP) is 1.91. The molecule has 0 saturated carbocycles. The molecule has 7 heteroatoms. The highest BCUT2D eigenvalue weighted by Crippen LogP contribution is 2.15. The molecule has 1 aromatic heterocycles. The van der Waals surface area contributed by atoms with Crippen molar-refractivity contribution in [3.8, 4) is 0 Å². The lowest BCUT2D eigenvalue weighted by atomic mass is 10.3. The van der Waals surface area contributed by atoms with Gasteiger partial charge < -0.3 is 14.9 Å². The molecule has 2 N–H and O–H groups in total. The summed E-state index contributed by atoms with van der Waals surface area (Å²) in [6.07, 6.45) is 0.426. The number of carbonyl (C=O) groups is 2. The first-order valence-electron chi connectivity index (χ1n) is 5.54. The van der Waals surface area contributed by atoms with Gasteiger partial charge >= 0.3 is 5.97 Å². The number of carboxylic acid groups (broad SMARTS) is 1. The third-order valence-electron chi connectivity index (χ3n) is 2.09. The quantitative estimate of drug-likeness (QED) is 0.787. The number of carboxylic acids is 1. The summed E-state index contributed by atoms with van der Waals surface area (Å²) in [5.41, 5.74) is 0. The molecular weight excluding hydrogens is 256 g/mol. The molecule has 1 unspecified atom stereocenters. The molecule has 6 nitrogen and oxygen atoms in total. The van der Waals surface area contributed by atoms with Crippen molar-refractivity contribution in [3.63, 3.8) is 0 Å². The smallest absolute Gasteiger partial charge is 0.304 e. The molecule has 1 heterocycles. The molecule has 0 aliphatic heterocycles. The minimum Gasteiger partial charge on any atom is -0.481 e. The summed E-state index contributed by atoms with van der Waals surface area (Å²) in [7, 11) is 0. The molecule has 1 atom stereocenters. The third-order valence-corrected chi connectivity index (χ3v) is 3.26. The number of thioether (sulfide) groups is 1. The van der Waals surface area contributed by atoms with E-state index in [9.17, 15) is 9.59 Å². The van der Waals surface area contributed by atoms with Crippen LogP contribution in [0.15, 0.2) is 10.6 Å². The predicted molar refractivity (Wildman–Crippen MR) is 68.7 cm³/mol. The van der Waals surface area contributed by atoms with Gasteiger partial charge in [0.05, 0.1) is 6.42 Å². The summed E-state index contributed by atoms with van der Waals surface area (Å²) in [6.45, 7) is 3.57. The minimum absolute atomic E-state index is 0.00425. The van der Waals surface area contributed by atoms with Crippen LogP contribution in [0.4, 0.5) is 5.82 Å². The normalized spacial score (nSPS) is 12.1. The number of aliphatic carboxylic acids is 1. The van der Waals surface area contributed by atoms with Crippen LogP contribution in [0.2, 0.25) is 0 Å². The van der Waals surface area contributed by atoms with Gasteiger partial charge in [0.15, 0.2) is 5.82 Å². The van der Waals surface area contributed by atoms with Crippen LogP contribution in [0.5, 0.6) is 0 Å². The third kappa shape index (κ3) is 5.72. The summed E-state index contributed by atoms with van der Waals surface area (Å²) in [5, 5.41) is 14.8. The van der Waals surface area contributed by atoms with Crippen molar-refractivity contribution < 1.29 is 19.2 Å². The van der Waals surface area contributed by atoms with Gasteiger partial charge in [-0.05, 0) is 6.92 Å². The molecule has 1 amide bonds. The second-order valence-corrected chi connectivity index (χ2v) is 5.45. The molecule has 0 bridgehead atoms.